The fourth-order valence-electron chi connectivity index (χ4n) is 3.81. The van der Waals surface area contributed by atoms with Crippen molar-refractivity contribution in [2.75, 3.05) is 12.4 Å². The number of rotatable bonds is 6. The second-order valence-electron chi connectivity index (χ2n) is 7.65. The van der Waals surface area contributed by atoms with Crippen molar-refractivity contribution in [2.45, 2.75) is 12.7 Å². The lowest BCUT2D eigenvalue weighted by Gasteiger charge is -2.15. The van der Waals surface area contributed by atoms with Crippen molar-refractivity contribution in [3.8, 4) is 11.5 Å². The number of aromatic nitrogens is 1. The number of fused-ring (bicyclic) bond motifs is 1. The van der Waals surface area contributed by atoms with Gasteiger partial charge in [0.25, 0.3) is 11.7 Å². The smallest absolute Gasteiger partial charge is 0.432 e. The van der Waals surface area contributed by atoms with Gasteiger partial charge in [-0.25, -0.2) is 0 Å². The van der Waals surface area contributed by atoms with E-state index in [0.717, 1.165) is 10.6 Å². The molecule has 0 aliphatic carbocycles. The number of carbonyl (C=O) groups excluding carboxylic acids is 2. The third-order valence-electron chi connectivity index (χ3n) is 5.33. The van der Waals surface area contributed by atoms with Gasteiger partial charge in [-0.3, -0.25) is 9.59 Å². The summed E-state index contributed by atoms with van der Waals surface area (Å²) in [5.74, 6) is -2.63. The Morgan fingerprint density at radius 3 is 2.43 bits per heavy atom. The highest BCUT2D eigenvalue weighted by molar-refractivity contribution is 6.48. The molecule has 0 aliphatic heterocycles. The number of nitrogens with zero attached hydrogens (tertiary/aromatic N) is 1. The first kappa shape index (κ1) is 24.2. The molecule has 0 unspecified atom stereocenters. The maximum Gasteiger partial charge on any atom is 0.432 e. The van der Waals surface area contributed by atoms with Gasteiger partial charge < -0.3 is 19.7 Å². The van der Waals surface area contributed by atoms with Gasteiger partial charge in [0, 0.05) is 34.2 Å². The third kappa shape index (κ3) is 4.95. The first-order valence-corrected chi connectivity index (χ1v) is 10.6. The second-order valence-corrected chi connectivity index (χ2v) is 8.09. The molecule has 0 saturated carbocycles. The van der Waals surface area contributed by atoms with E-state index < -0.39 is 29.1 Å². The van der Waals surface area contributed by atoms with Gasteiger partial charge in [-0.1, -0.05) is 29.8 Å². The zero-order valence-corrected chi connectivity index (χ0v) is 18.9. The van der Waals surface area contributed by atoms with Crippen molar-refractivity contribution >= 4 is 39.9 Å². The van der Waals surface area contributed by atoms with Crippen LogP contribution in [-0.4, -0.2) is 28.5 Å². The lowest BCUT2D eigenvalue weighted by atomic mass is 10.0. The third-order valence-corrected chi connectivity index (χ3v) is 5.58. The number of Topliss-reactive ketones (excluding diaryl/α,β-unsaturated/α-hetero) is 1. The number of ether oxygens (including phenoxy) is 1. The number of alkyl halides is 3. The van der Waals surface area contributed by atoms with Gasteiger partial charge in [0.05, 0.1) is 12.7 Å². The van der Waals surface area contributed by atoms with E-state index in [4.69, 9.17) is 16.3 Å². The van der Waals surface area contributed by atoms with Gasteiger partial charge in [0.2, 0.25) is 0 Å². The number of hydrogen-bond donors (Lipinski definition) is 2. The lowest BCUT2D eigenvalue weighted by Crippen LogP contribution is -2.26. The number of anilines is 1. The average Bonchev–Trinajstić information content (AvgIpc) is 3.13. The summed E-state index contributed by atoms with van der Waals surface area (Å²) in [6.45, 7) is -0.252. The van der Waals surface area contributed by atoms with Crippen molar-refractivity contribution in [1.82, 2.24) is 4.57 Å². The molecular formula is C25H18ClF3N2O4. The van der Waals surface area contributed by atoms with E-state index >= 15 is 0 Å². The fourth-order valence-corrected chi connectivity index (χ4v) is 3.93. The summed E-state index contributed by atoms with van der Waals surface area (Å²) < 4.78 is 49.0. The van der Waals surface area contributed by atoms with Gasteiger partial charge in [0.15, 0.2) is 0 Å². The Balaban J connectivity index is 1.85. The Bertz CT molecular complexity index is 1430. The molecule has 180 valence electrons. The molecule has 1 heterocycles. The minimum atomic E-state index is -4.98. The Labute approximate surface area is 202 Å². The number of carbonyl (C=O) groups is 2. The molecule has 0 saturated heterocycles. The van der Waals surface area contributed by atoms with Crippen LogP contribution in [0.25, 0.3) is 10.9 Å². The topological polar surface area (TPSA) is 80.6 Å². The van der Waals surface area contributed by atoms with E-state index in [1.807, 2.05) is 0 Å². The largest absolute Gasteiger partial charge is 0.508 e. The summed E-state index contributed by atoms with van der Waals surface area (Å²) in [5, 5.41) is 12.5. The molecule has 1 amide bonds. The zero-order chi connectivity index (χ0) is 25.3. The molecule has 0 atom stereocenters. The molecule has 2 N–H and O–H groups in total. The molecule has 0 aliphatic rings. The second kappa shape index (κ2) is 9.34. The molecule has 0 spiro atoms. The highest BCUT2D eigenvalue weighted by Gasteiger charge is 2.42. The number of halogens is 4. The number of phenols is 1. The van der Waals surface area contributed by atoms with Gasteiger partial charge in [0.1, 0.15) is 17.2 Å². The number of ketones is 1. The monoisotopic (exact) mass is 502 g/mol. The van der Waals surface area contributed by atoms with Crippen molar-refractivity contribution < 1.29 is 32.6 Å². The van der Waals surface area contributed by atoms with E-state index in [0.29, 0.717) is 16.3 Å². The van der Waals surface area contributed by atoms with Crippen LogP contribution in [0, 0.1) is 0 Å². The highest BCUT2D eigenvalue weighted by atomic mass is 35.5. The maximum atomic E-state index is 14.4. The van der Waals surface area contributed by atoms with E-state index in [1.165, 1.54) is 43.5 Å². The summed E-state index contributed by atoms with van der Waals surface area (Å²) in [5.41, 5.74) is -1.45. The molecule has 6 nitrogen and oxygen atoms in total. The van der Waals surface area contributed by atoms with Crippen molar-refractivity contribution in [3.63, 3.8) is 0 Å². The Morgan fingerprint density at radius 2 is 1.77 bits per heavy atom. The van der Waals surface area contributed by atoms with Gasteiger partial charge in [-0.15, -0.1) is 0 Å². The van der Waals surface area contributed by atoms with Gasteiger partial charge in [-0.05, 0) is 48.0 Å². The molecule has 4 aromatic rings. The SMILES string of the molecule is COc1cccc(NC(=O)C(=O)c2c(C(F)(F)F)n(Cc3ccc(Cl)cc3)c3ccc(O)cc23)c1. The Hall–Kier alpha value is -3.98. The van der Waals surface area contributed by atoms with Crippen LogP contribution in [0.2, 0.25) is 5.02 Å². The quantitative estimate of drug-likeness (QED) is 0.254. The summed E-state index contributed by atoms with van der Waals surface area (Å²) in [6, 6.07) is 15.8. The summed E-state index contributed by atoms with van der Waals surface area (Å²) in [4.78, 5) is 25.9. The molecule has 3 aromatic carbocycles. The van der Waals surface area contributed by atoms with Crippen LogP contribution in [0.15, 0.2) is 66.7 Å². The van der Waals surface area contributed by atoms with Gasteiger partial charge >= 0.3 is 6.18 Å². The summed E-state index contributed by atoms with van der Waals surface area (Å²) in [6.07, 6.45) is -4.98. The van der Waals surface area contributed by atoms with Crippen molar-refractivity contribution in [2.24, 2.45) is 0 Å². The molecule has 4 rings (SSSR count). The molecule has 35 heavy (non-hydrogen) atoms. The standard InChI is InChI=1S/C25H18ClF3N2O4/c1-35-18-4-2-3-16(11-18)30-24(34)22(33)21-19-12-17(32)9-10-20(19)31(23(21)25(27,28)29)13-14-5-7-15(26)8-6-14/h2-12,32H,13H2,1H3,(H,30,34). The Morgan fingerprint density at radius 1 is 1.06 bits per heavy atom. The van der Waals surface area contributed by atoms with Crippen LogP contribution in [0.5, 0.6) is 11.5 Å². The average molecular weight is 503 g/mol. The summed E-state index contributed by atoms with van der Waals surface area (Å²) >= 11 is 5.89. The zero-order valence-electron chi connectivity index (χ0n) is 18.2. The molecule has 0 radical (unpaired) electrons. The van der Waals surface area contributed by atoms with E-state index in [-0.39, 0.29) is 28.9 Å². The predicted molar refractivity (Wildman–Crippen MR) is 125 cm³/mol. The molecule has 0 fully saturated rings. The lowest BCUT2D eigenvalue weighted by molar-refractivity contribution is -0.143. The van der Waals surface area contributed by atoms with E-state index in [2.05, 4.69) is 5.32 Å². The van der Waals surface area contributed by atoms with Crippen molar-refractivity contribution in [1.29, 1.82) is 0 Å². The number of hydrogen-bond acceptors (Lipinski definition) is 4. The van der Waals surface area contributed by atoms with Gasteiger partial charge in [-0.2, -0.15) is 13.2 Å². The maximum absolute atomic E-state index is 14.4. The molecule has 1 aromatic heterocycles. The minimum absolute atomic E-state index is 0.0302. The highest BCUT2D eigenvalue weighted by Crippen LogP contribution is 2.40. The number of nitrogens with one attached hydrogen (secondary N) is 1. The number of aromatic hydroxyl groups is 1. The number of phenolic OH excluding ortho intramolecular Hbond substituents is 1. The number of benzene rings is 3. The van der Waals surface area contributed by atoms with Crippen LogP contribution in [0.4, 0.5) is 18.9 Å². The van der Waals surface area contributed by atoms with Crippen LogP contribution < -0.4 is 10.1 Å². The van der Waals surface area contributed by atoms with Crippen LogP contribution in [0.1, 0.15) is 21.6 Å². The normalized spacial score (nSPS) is 11.5. The fraction of sp³-hybridized carbons (Fsp3) is 0.120. The first-order chi connectivity index (χ1) is 16.6. The van der Waals surface area contributed by atoms with Crippen LogP contribution in [-0.2, 0) is 17.5 Å². The molecule has 0 bridgehead atoms. The molecular weight excluding hydrogens is 485 g/mol. The minimum Gasteiger partial charge on any atom is -0.508 e. The number of methoxy groups -OCH3 is 1. The first-order valence-electron chi connectivity index (χ1n) is 10.2. The van der Waals surface area contributed by atoms with Crippen molar-refractivity contribution in [3.05, 3.63) is 88.6 Å². The predicted octanol–water partition coefficient (Wildman–Crippen LogP) is 5.90. The number of amides is 1. The molecule has 10 heteroatoms. The van der Waals surface area contributed by atoms with E-state index in [9.17, 15) is 27.9 Å². The van der Waals surface area contributed by atoms with Crippen LogP contribution in [0.3, 0.4) is 0 Å². The summed E-state index contributed by atoms with van der Waals surface area (Å²) in [7, 11) is 1.41. The van der Waals surface area contributed by atoms with Crippen LogP contribution >= 0.6 is 11.6 Å². The Kier molecular flexibility index (Phi) is 6.45. The van der Waals surface area contributed by atoms with E-state index in [1.54, 1.807) is 24.3 Å².